The Morgan fingerprint density at radius 2 is 2.08 bits per heavy atom. The first-order valence-corrected chi connectivity index (χ1v) is 4.15. The third kappa shape index (κ3) is 1.18. The van der Waals surface area contributed by atoms with Gasteiger partial charge in [-0.1, -0.05) is 29.2 Å². The summed E-state index contributed by atoms with van der Waals surface area (Å²) >= 11 is 0. The van der Waals surface area contributed by atoms with Crippen LogP contribution in [0.4, 0.5) is 0 Å². The van der Waals surface area contributed by atoms with E-state index in [1.54, 1.807) is 0 Å². The van der Waals surface area contributed by atoms with Crippen LogP contribution >= 0.6 is 0 Å². The first-order chi connectivity index (χ1) is 5.77. The number of ketones is 1. The van der Waals surface area contributed by atoms with E-state index >= 15 is 0 Å². The van der Waals surface area contributed by atoms with Crippen LogP contribution in [0, 0.1) is 0 Å². The number of carbonyl (C=O) groups excluding carboxylic acids is 1. The van der Waals surface area contributed by atoms with Gasteiger partial charge in [0.25, 0.3) is 0 Å². The maximum Gasteiger partial charge on any atom is 0.137 e. The highest BCUT2D eigenvalue weighted by molar-refractivity contribution is 6.33. The quantitative estimate of drug-likeness (QED) is 0.501. The minimum Gasteiger partial charge on any atom is -0.299 e. The lowest BCUT2D eigenvalue weighted by Gasteiger charge is -2.16. The number of hydrogen-bond acceptors (Lipinski definition) is 1. The average molecular weight is 156 g/mol. The lowest BCUT2D eigenvalue weighted by Crippen LogP contribution is -2.21. The summed E-state index contributed by atoms with van der Waals surface area (Å²) in [4.78, 5) is 11.1. The molecule has 0 saturated heterocycles. The summed E-state index contributed by atoms with van der Waals surface area (Å²) in [5.41, 5.74) is 3.13. The maximum absolute atomic E-state index is 11.1. The first-order valence-electron chi connectivity index (χ1n) is 4.15. The van der Waals surface area contributed by atoms with E-state index in [0.717, 1.165) is 17.4 Å². The van der Waals surface area contributed by atoms with E-state index in [-0.39, 0.29) is 0 Å². The van der Waals surface area contributed by atoms with Gasteiger partial charge in [0.15, 0.2) is 0 Å². The summed E-state index contributed by atoms with van der Waals surface area (Å²) in [6.45, 7) is 0. The van der Waals surface area contributed by atoms with E-state index < -0.39 is 0 Å². The molecule has 0 N–H and O–H groups in total. The summed E-state index contributed by atoms with van der Waals surface area (Å²) in [7, 11) is 5.78. The molecule has 1 aliphatic rings. The van der Waals surface area contributed by atoms with Gasteiger partial charge in [-0.3, -0.25) is 4.79 Å². The summed E-state index contributed by atoms with van der Waals surface area (Å²) in [6, 6.07) is 5.80. The molecular formula is C10H9BO. The Balaban J connectivity index is 2.48. The molecule has 0 aliphatic heterocycles. The number of Topliss-reactive ketones (excluding diaryl/α,β-unsaturated/α-hetero) is 1. The van der Waals surface area contributed by atoms with Crippen LogP contribution < -0.4 is 5.46 Å². The minimum absolute atomic E-state index is 0.327. The molecule has 1 aromatic carbocycles. The molecule has 0 bridgehead atoms. The molecular weight excluding hydrogens is 147 g/mol. The summed E-state index contributed by atoms with van der Waals surface area (Å²) < 4.78 is 0. The lowest BCUT2D eigenvalue weighted by atomic mass is 9.81. The Kier molecular flexibility index (Phi) is 1.76. The minimum atomic E-state index is 0.327. The van der Waals surface area contributed by atoms with Crippen molar-refractivity contribution in [2.45, 2.75) is 19.3 Å². The van der Waals surface area contributed by atoms with Crippen LogP contribution in [-0.4, -0.2) is 13.6 Å². The van der Waals surface area contributed by atoms with Crippen molar-refractivity contribution < 1.29 is 4.79 Å². The van der Waals surface area contributed by atoms with Crippen molar-refractivity contribution >= 4 is 19.1 Å². The van der Waals surface area contributed by atoms with E-state index in [2.05, 4.69) is 0 Å². The van der Waals surface area contributed by atoms with Crippen LogP contribution in [0.1, 0.15) is 17.5 Å². The first kappa shape index (κ1) is 7.60. The molecule has 0 atom stereocenters. The van der Waals surface area contributed by atoms with Gasteiger partial charge in [0.2, 0.25) is 0 Å². The highest BCUT2D eigenvalue weighted by atomic mass is 16.1. The number of carbonyl (C=O) groups is 1. The van der Waals surface area contributed by atoms with Gasteiger partial charge in [-0.05, 0) is 12.0 Å². The van der Waals surface area contributed by atoms with E-state index in [1.165, 1.54) is 5.56 Å². The Morgan fingerprint density at radius 3 is 2.92 bits per heavy atom. The van der Waals surface area contributed by atoms with Crippen LogP contribution in [0.5, 0.6) is 0 Å². The Morgan fingerprint density at radius 1 is 1.25 bits per heavy atom. The van der Waals surface area contributed by atoms with E-state index in [4.69, 9.17) is 7.85 Å². The van der Waals surface area contributed by atoms with Gasteiger partial charge < -0.3 is 0 Å². The molecule has 0 heterocycles. The number of fused-ring (bicyclic) bond motifs is 1. The van der Waals surface area contributed by atoms with Crippen molar-refractivity contribution in [3.8, 4) is 0 Å². The van der Waals surface area contributed by atoms with Gasteiger partial charge in [-0.25, -0.2) is 0 Å². The smallest absolute Gasteiger partial charge is 0.137 e. The summed E-state index contributed by atoms with van der Waals surface area (Å²) in [5, 5.41) is 0. The summed E-state index contributed by atoms with van der Waals surface area (Å²) in [6.07, 6.45) is 2.04. The topological polar surface area (TPSA) is 17.1 Å². The SMILES string of the molecule is [B]c1cccc2c1CCC(=O)C2. The zero-order chi connectivity index (χ0) is 8.55. The second-order valence-corrected chi connectivity index (χ2v) is 3.20. The average Bonchev–Trinajstić information content (AvgIpc) is 2.04. The predicted molar refractivity (Wildman–Crippen MR) is 48.9 cm³/mol. The fourth-order valence-electron chi connectivity index (χ4n) is 1.69. The molecule has 0 fully saturated rings. The Hall–Kier alpha value is -1.05. The molecule has 2 radical (unpaired) electrons. The molecule has 0 unspecified atom stereocenters. The zero-order valence-electron chi connectivity index (χ0n) is 6.84. The molecule has 0 amide bonds. The normalized spacial score (nSPS) is 15.8. The molecule has 0 spiro atoms. The fourth-order valence-corrected chi connectivity index (χ4v) is 1.69. The van der Waals surface area contributed by atoms with Crippen LogP contribution in [-0.2, 0) is 17.6 Å². The van der Waals surface area contributed by atoms with Gasteiger partial charge in [-0.15, -0.1) is 0 Å². The van der Waals surface area contributed by atoms with Crippen molar-refractivity contribution in [2.24, 2.45) is 0 Å². The van der Waals surface area contributed by atoms with Crippen molar-refractivity contribution in [1.29, 1.82) is 0 Å². The molecule has 2 rings (SSSR count). The van der Waals surface area contributed by atoms with Crippen molar-refractivity contribution in [3.63, 3.8) is 0 Å². The van der Waals surface area contributed by atoms with Crippen molar-refractivity contribution in [1.82, 2.24) is 0 Å². The standard InChI is InChI=1S/C10H9BO/c11-10-3-1-2-7-6-8(12)4-5-9(7)10/h1-3H,4-6H2. The van der Waals surface area contributed by atoms with E-state index in [1.807, 2.05) is 18.2 Å². The zero-order valence-corrected chi connectivity index (χ0v) is 6.84. The number of rotatable bonds is 0. The second kappa shape index (κ2) is 2.78. The number of benzene rings is 1. The molecule has 1 nitrogen and oxygen atoms in total. The predicted octanol–water partition coefficient (Wildman–Crippen LogP) is 0.538. The molecule has 2 heteroatoms. The molecule has 0 saturated carbocycles. The molecule has 1 aliphatic carbocycles. The third-order valence-corrected chi connectivity index (χ3v) is 2.35. The highest BCUT2D eigenvalue weighted by Crippen LogP contribution is 2.16. The van der Waals surface area contributed by atoms with Crippen LogP contribution in [0.2, 0.25) is 0 Å². The Labute approximate surface area is 73.2 Å². The number of hydrogen-bond donors (Lipinski definition) is 0. The third-order valence-electron chi connectivity index (χ3n) is 2.35. The van der Waals surface area contributed by atoms with Crippen molar-refractivity contribution in [3.05, 3.63) is 29.3 Å². The van der Waals surface area contributed by atoms with Crippen LogP contribution in [0.3, 0.4) is 0 Å². The van der Waals surface area contributed by atoms with Gasteiger partial charge >= 0.3 is 0 Å². The van der Waals surface area contributed by atoms with Crippen LogP contribution in [0.15, 0.2) is 18.2 Å². The second-order valence-electron chi connectivity index (χ2n) is 3.20. The van der Waals surface area contributed by atoms with Crippen LogP contribution in [0.25, 0.3) is 0 Å². The van der Waals surface area contributed by atoms with E-state index in [9.17, 15) is 4.79 Å². The Bertz CT molecular complexity index is 331. The highest BCUT2D eigenvalue weighted by Gasteiger charge is 2.15. The molecule has 12 heavy (non-hydrogen) atoms. The maximum atomic E-state index is 11.1. The monoisotopic (exact) mass is 156 g/mol. The largest absolute Gasteiger partial charge is 0.299 e. The van der Waals surface area contributed by atoms with Crippen molar-refractivity contribution in [2.75, 3.05) is 0 Å². The molecule has 58 valence electrons. The molecule has 0 aromatic heterocycles. The lowest BCUT2D eigenvalue weighted by molar-refractivity contribution is -0.118. The van der Waals surface area contributed by atoms with Gasteiger partial charge in [0.1, 0.15) is 13.6 Å². The van der Waals surface area contributed by atoms with Gasteiger partial charge in [-0.2, -0.15) is 0 Å². The molecule has 1 aromatic rings. The summed E-state index contributed by atoms with van der Waals surface area (Å²) in [5.74, 6) is 0.327. The fraction of sp³-hybridized carbons (Fsp3) is 0.300. The van der Waals surface area contributed by atoms with Gasteiger partial charge in [0.05, 0.1) is 0 Å². The van der Waals surface area contributed by atoms with Gasteiger partial charge in [0, 0.05) is 12.8 Å². The van der Waals surface area contributed by atoms with E-state index in [0.29, 0.717) is 18.6 Å².